The third-order valence-corrected chi connectivity index (χ3v) is 6.36. The molecular formula is C22H19Cl2NO2S2. The van der Waals surface area contributed by atoms with E-state index in [1.54, 1.807) is 24.3 Å². The molecule has 3 aromatic rings. The van der Waals surface area contributed by atoms with Crippen molar-refractivity contribution in [2.45, 2.75) is 24.7 Å². The van der Waals surface area contributed by atoms with Gasteiger partial charge in [-0.2, -0.15) is 0 Å². The molecule has 0 atom stereocenters. The zero-order valence-electron chi connectivity index (χ0n) is 15.7. The Kier molecular flexibility index (Phi) is 6.96. The lowest BCUT2D eigenvalue weighted by molar-refractivity contribution is 0.601. The number of nitrogens with one attached hydrogen (secondary N) is 1. The Balaban J connectivity index is 1.67. The zero-order chi connectivity index (χ0) is 21.0. The van der Waals surface area contributed by atoms with E-state index in [-0.39, 0.29) is 4.90 Å². The summed E-state index contributed by atoms with van der Waals surface area (Å²) in [6, 6.07) is 19.5. The van der Waals surface area contributed by atoms with Gasteiger partial charge in [-0.15, -0.1) is 0 Å². The number of hydrogen-bond acceptors (Lipinski definition) is 3. The largest absolute Gasteiger partial charge is 0.280 e. The van der Waals surface area contributed by atoms with E-state index in [9.17, 15) is 8.42 Å². The van der Waals surface area contributed by atoms with Gasteiger partial charge in [-0.3, -0.25) is 4.72 Å². The molecule has 3 aromatic carbocycles. The Labute approximate surface area is 186 Å². The summed E-state index contributed by atoms with van der Waals surface area (Å²) in [4.78, 5) is 1.06. The van der Waals surface area contributed by atoms with Crippen LogP contribution in [0.1, 0.15) is 16.7 Å². The molecule has 0 bridgehead atoms. The van der Waals surface area contributed by atoms with E-state index < -0.39 is 10.0 Å². The van der Waals surface area contributed by atoms with Crippen molar-refractivity contribution in [1.82, 2.24) is 0 Å². The van der Waals surface area contributed by atoms with Gasteiger partial charge >= 0.3 is 0 Å². The van der Waals surface area contributed by atoms with Crippen molar-refractivity contribution in [2.24, 2.45) is 0 Å². The third kappa shape index (κ3) is 6.28. The summed E-state index contributed by atoms with van der Waals surface area (Å²) in [5.41, 5.74) is 3.66. The molecule has 1 N–H and O–H groups in total. The Morgan fingerprint density at radius 3 is 2.14 bits per heavy atom. The van der Waals surface area contributed by atoms with Gasteiger partial charge in [0.15, 0.2) is 0 Å². The molecule has 0 spiro atoms. The van der Waals surface area contributed by atoms with E-state index in [0.717, 1.165) is 10.4 Å². The van der Waals surface area contributed by atoms with E-state index in [0.29, 0.717) is 28.6 Å². The van der Waals surface area contributed by atoms with Gasteiger partial charge in [-0.05, 0) is 48.4 Å². The number of hydrogen-bond donors (Lipinski definition) is 1. The molecule has 3 nitrogen and oxygen atoms in total. The second kappa shape index (κ2) is 9.26. The van der Waals surface area contributed by atoms with E-state index in [4.69, 9.17) is 35.4 Å². The quantitative estimate of drug-likeness (QED) is 0.420. The van der Waals surface area contributed by atoms with Crippen LogP contribution in [-0.2, 0) is 22.9 Å². The average Bonchev–Trinajstić information content (AvgIpc) is 2.60. The van der Waals surface area contributed by atoms with Crippen molar-refractivity contribution >= 4 is 56.0 Å². The fourth-order valence-electron chi connectivity index (χ4n) is 2.95. The topological polar surface area (TPSA) is 46.2 Å². The minimum atomic E-state index is -3.75. The van der Waals surface area contributed by atoms with Crippen molar-refractivity contribution in [3.8, 4) is 0 Å². The molecule has 7 heteroatoms. The Morgan fingerprint density at radius 2 is 1.52 bits per heavy atom. The third-order valence-electron chi connectivity index (χ3n) is 4.23. The summed E-state index contributed by atoms with van der Waals surface area (Å²) < 4.78 is 27.7. The van der Waals surface area contributed by atoms with Gasteiger partial charge in [0.1, 0.15) is 0 Å². The highest BCUT2D eigenvalue weighted by atomic mass is 35.5. The molecule has 0 heterocycles. The Hall–Kier alpha value is -1.92. The first-order valence-corrected chi connectivity index (χ1v) is 11.5. The van der Waals surface area contributed by atoms with Gasteiger partial charge in [0.25, 0.3) is 10.0 Å². The lowest BCUT2D eigenvalue weighted by Gasteiger charge is -2.10. The maximum absolute atomic E-state index is 12.6. The summed E-state index contributed by atoms with van der Waals surface area (Å²) in [6.45, 7) is 2.05. The molecule has 150 valence electrons. The van der Waals surface area contributed by atoms with Crippen LogP contribution in [0.3, 0.4) is 0 Å². The summed E-state index contributed by atoms with van der Waals surface area (Å²) >= 11 is 17.4. The molecule has 0 saturated heterocycles. The second-order valence-electron chi connectivity index (χ2n) is 6.79. The molecule has 29 heavy (non-hydrogen) atoms. The van der Waals surface area contributed by atoms with Crippen molar-refractivity contribution in [1.29, 1.82) is 0 Å². The molecule has 0 fully saturated rings. The highest BCUT2D eigenvalue weighted by molar-refractivity contribution is 7.92. The number of halogens is 2. The standard InChI is InChI=1S/C22H19Cl2NO2S2/c1-15-3-2-4-17(9-15)11-21(28)10-16-5-7-22(8-6-16)29(26,27)25-20-13-18(23)12-19(24)14-20/h2-9,12-14,25H,10-11H2,1H3. The summed E-state index contributed by atoms with van der Waals surface area (Å²) in [6.07, 6.45) is 1.33. The Bertz CT molecular complexity index is 1120. The number of anilines is 1. The van der Waals surface area contributed by atoms with E-state index in [2.05, 4.69) is 29.8 Å². The Morgan fingerprint density at radius 1 is 0.897 bits per heavy atom. The van der Waals surface area contributed by atoms with E-state index in [1.165, 1.54) is 29.3 Å². The van der Waals surface area contributed by atoms with Crippen molar-refractivity contribution in [2.75, 3.05) is 4.72 Å². The zero-order valence-corrected chi connectivity index (χ0v) is 18.8. The molecule has 0 amide bonds. The van der Waals surface area contributed by atoms with Crippen molar-refractivity contribution < 1.29 is 8.42 Å². The lowest BCUT2D eigenvalue weighted by atomic mass is 10.0. The van der Waals surface area contributed by atoms with Crippen LogP contribution in [0.2, 0.25) is 10.0 Å². The maximum atomic E-state index is 12.6. The molecule has 0 aliphatic heterocycles. The van der Waals surface area contributed by atoms with Crippen LogP contribution >= 0.6 is 35.4 Å². The van der Waals surface area contributed by atoms with Gasteiger partial charge in [0, 0.05) is 27.8 Å². The monoisotopic (exact) mass is 463 g/mol. The second-order valence-corrected chi connectivity index (χ2v) is 9.92. The lowest BCUT2D eigenvalue weighted by Crippen LogP contribution is -2.13. The molecule has 3 rings (SSSR count). The van der Waals surface area contributed by atoms with Crippen LogP contribution in [0.5, 0.6) is 0 Å². The number of benzene rings is 3. The van der Waals surface area contributed by atoms with Crippen LogP contribution in [0.4, 0.5) is 5.69 Å². The molecule has 0 aliphatic rings. The van der Waals surface area contributed by atoms with Gasteiger partial charge in [-0.25, -0.2) is 8.42 Å². The van der Waals surface area contributed by atoms with Crippen molar-refractivity contribution in [3.05, 3.63) is 93.5 Å². The molecule has 0 saturated carbocycles. The highest BCUT2D eigenvalue weighted by Gasteiger charge is 2.15. The maximum Gasteiger partial charge on any atom is 0.261 e. The molecule has 0 radical (unpaired) electrons. The first-order valence-electron chi connectivity index (χ1n) is 8.86. The predicted molar refractivity (Wildman–Crippen MR) is 125 cm³/mol. The van der Waals surface area contributed by atoms with Gasteiger partial charge < -0.3 is 0 Å². The van der Waals surface area contributed by atoms with Crippen molar-refractivity contribution in [3.63, 3.8) is 0 Å². The highest BCUT2D eigenvalue weighted by Crippen LogP contribution is 2.25. The molecule has 0 unspecified atom stereocenters. The smallest absolute Gasteiger partial charge is 0.261 e. The first-order chi connectivity index (χ1) is 13.7. The fraction of sp³-hybridized carbons (Fsp3) is 0.136. The minimum absolute atomic E-state index is 0.155. The van der Waals surface area contributed by atoms with Gasteiger partial charge in [0.05, 0.1) is 10.6 Å². The van der Waals surface area contributed by atoms with Gasteiger partial charge in [0.2, 0.25) is 0 Å². The predicted octanol–water partition coefficient (Wildman–Crippen LogP) is 6.26. The molecular weight excluding hydrogens is 445 g/mol. The SMILES string of the molecule is Cc1cccc(CC(=S)Cc2ccc(S(=O)(=O)Nc3cc(Cl)cc(Cl)c3)cc2)c1. The number of aryl methyl sites for hydroxylation is 1. The first kappa shape index (κ1) is 21.8. The van der Waals surface area contributed by atoms with E-state index >= 15 is 0 Å². The fourth-order valence-corrected chi connectivity index (χ4v) is 4.85. The van der Waals surface area contributed by atoms with Gasteiger partial charge in [-0.1, -0.05) is 77.4 Å². The molecule has 0 aliphatic carbocycles. The van der Waals surface area contributed by atoms with Crippen LogP contribution in [-0.4, -0.2) is 13.3 Å². The van der Waals surface area contributed by atoms with Crippen LogP contribution in [0.15, 0.2) is 71.6 Å². The minimum Gasteiger partial charge on any atom is -0.280 e. The van der Waals surface area contributed by atoms with Crippen LogP contribution < -0.4 is 4.72 Å². The number of thiocarbonyl (C=S) groups is 1. The van der Waals surface area contributed by atoms with Crippen LogP contribution in [0.25, 0.3) is 0 Å². The summed E-state index contributed by atoms with van der Waals surface area (Å²) in [5, 5.41) is 0.709. The number of rotatable bonds is 7. The summed E-state index contributed by atoms with van der Waals surface area (Å²) in [7, 11) is -3.75. The van der Waals surface area contributed by atoms with Crippen LogP contribution in [0, 0.1) is 6.92 Å². The summed E-state index contributed by atoms with van der Waals surface area (Å²) in [5.74, 6) is 0. The molecule has 0 aromatic heterocycles. The number of sulfonamides is 1. The normalized spacial score (nSPS) is 11.3. The average molecular weight is 464 g/mol. The van der Waals surface area contributed by atoms with E-state index in [1.807, 2.05) is 6.07 Å².